The number of rotatable bonds is 19. The third-order valence-electron chi connectivity index (χ3n) is 13.6. The quantitative estimate of drug-likeness (QED) is 0.0793. The second kappa shape index (κ2) is 19.0. The summed E-state index contributed by atoms with van der Waals surface area (Å²) in [7, 11) is 0. The Kier molecular flexibility index (Phi) is 15.4. The first-order chi connectivity index (χ1) is 22.7. The summed E-state index contributed by atoms with van der Waals surface area (Å²) in [6, 6.07) is 0. The van der Waals surface area contributed by atoms with Crippen LogP contribution >= 0.6 is 0 Å². The molecule has 4 rings (SSSR count). The molecule has 0 N–H and O–H groups in total. The van der Waals surface area contributed by atoms with E-state index in [-0.39, 0.29) is 12.1 Å². The zero-order valence-corrected chi connectivity index (χ0v) is 31.7. The van der Waals surface area contributed by atoms with Gasteiger partial charge in [0.25, 0.3) is 0 Å². The molecule has 2 unspecified atom stereocenters. The molecule has 4 aliphatic rings. The Morgan fingerprint density at radius 1 is 0.830 bits per heavy atom. The Morgan fingerprint density at radius 2 is 1.55 bits per heavy atom. The van der Waals surface area contributed by atoms with Crippen molar-refractivity contribution in [3.63, 3.8) is 0 Å². The van der Waals surface area contributed by atoms with Gasteiger partial charge in [0.15, 0.2) is 0 Å². The van der Waals surface area contributed by atoms with E-state index in [4.69, 9.17) is 4.74 Å². The minimum absolute atomic E-state index is 0.0435. The molecule has 266 valence electrons. The first-order valence-corrected chi connectivity index (χ1v) is 20.5. The summed E-state index contributed by atoms with van der Waals surface area (Å²) < 4.78 is 6.12. The van der Waals surface area contributed by atoms with Crippen molar-refractivity contribution in [2.24, 2.45) is 46.3 Å². The van der Waals surface area contributed by atoms with E-state index in [2.05, 4.69) is 84.1 Å². The monoisotopic (exact) mass is 647 g/mol. The Labute approximate surface area is 291 Å². The molecule has 0 aromatic heterocycles. The second-order valence-corrected chi connectivity index (χ2v) is 17.2. The molecule has 0 bridgehead atoms. The van der Waals surface area contributed by atoms with Crippen LogP contribution in [-0.2, 0) is 9.53 Å². The lowest BCUT2D eigenvalue weighted by atomic mass is 9.47. The molecular formula is C45H74O2. The minimum atomic E-state index is 0.0435. The number of fused-ring (bicyclic) bond motifs is 5. The number of esters is 1. The molecule has 0 spiro atoms. The SMILES string of the molecule is CC/C=C\C/C=C\C/C=C\CCCCCCCC(=O)O[C@H]1CC[C@@]2(C)C(=CCC3[C@@H]4CC[C@H](C(C)CCCC(C)C)[C@@]4(C)CC[C@@H]32)C1. The van der Waals surface area contributed by atoms with Crippen molar-refractivity contribution in [1.82, 2.24) is 0 Å². The maximum Gasteiger partial charge on any atom is 0.306 e. The van der Waals surface area contributed by atoms with Gasteiger partial charge in [0, 0.05) is 12.8 Å². The molecule has 0 aliphatic heterocycles. The van der Waals surface area contributed by atoms with Gasteiger partial charge in [-0.2, -0.15) is 0 Å². The van der Waals surface area contributed by atoms with Gasteiger partial charge in [-0.25, -0.2) is 0 Å². The fraction of sp³-hybridized carbons (Fsp3) is 0.800. The van der Waals surface area contributed by atoms with E-state index >= 15 is 0 Å². The number of carbonyl (C=O) groups is 1. The van der Waals surface area contributed by atoms with Gasteiger partial charge in [-0.15, -0.1) is 0 Å². The van der Waals surface area contributed by atoms with Gasteiger partial charge < -0.3 is 4.74 Å². The Bertz CT molecular complexity index is 1060. The molecule has 2 nitrogen and oxygen atoms in total. The van der Waals surface area contributed by atoms with Crippen LogP contribution in [-0.4, -0.2) is 12.1 Å². The third-order valence-corrected chi connectivity index (χ3v) is 13.6. The van der Waals surface area contributed by atoms with Crippen molar-refractivity contribution in [2.75, 3.05) is 0 Å². The largest absolute Gasteiger partial charge is 0.462 e. The van der Waals surface area contributed by atoms with E-state index in [1.807, 2.05) is 0 Å². The molecule has 47 heavy (non-hydrogen) atoms. The maximum absolute atomic E-state index is 12.8. The van der Waals surface area contributed by atoms with Crippen molar-refractivity contribution in [3.8, 4) is 0 Å². The summed E-state index contributed by atoms with van der Waals surface area (Å²) in [6.45, 7) is 14.8. The standard InChI is InChI=1S/C45H74O2/c1-7-8-9-10-11-12-13-14-15-16-17-18-19-20-21-25-43(46)47-38-30-32-44(5)37(34-38)26-27-39-41-29-28-40(36(4)24-22-23-35(2)3)45(41,6)33-31-42(39)44/h8-9,11-12,14-15,26,35-36,38-42H,7,10,13,16-25,27-34H2,1-6H3/b9-8-,12-11-,15-14-/t36?,38-,39?,40+,41-,42-,44-,45+/m0/s1. The number of hydrogen-bond acceptors (Lipinski definition) is 2. The summed E-state index contributed by atoms with van der Waals surface area (Å²) in [6.07, 6.45) is 41.7. The molecular weight excluding hydrogens is 572 g/mol. The molecule has 0 radical (unpaired) electrons. The Morgan fingerprint density at radius 3 is 2.32 bits per heavy atom. The highest BCUT2D eigenvalue weighted by atomic mass is 16.5. The van der Waals surface area contributed by atoms with Crippen LogP contribution in [0.5, 0.6) is 0 Å². The number of allylic oxidation sites excluding steroid dienone is 7. The minimum Gasteiger partial charge on any atom is -0.462 e. The summed E-state index contributed by atoms with van der Waals surface area (Å²) in [5.41, 5.74) is 2.51. The summed E-state index contributed by atoms with van der Waals surface area (Å²) in [5, 5.41) is 0. The number of unbranched alkanes of at least 4 members (excludes halogenated alkanes) is 5. The van der Waals surface area contributed by atoms with E-state index in [1.54, 1.807) is 5.57 Å². The fourth-order valence-corrected chi connectivity index (χ4v) is 10.9. The molecule has 8 atom stereocenters. The fourth-order valence-electron chi connectivity index (χ4n) is 10.9. The van der Waals surface area contributed by atoms with Crippen LogP contribution in [0.25, 0.3) is 0 Å². The second-order valence-electron chi connectivity index (χ2n) is 17.2. The average Bonchev–Trinajstić information content (AvgIpc) is 3.40. The van der Waals surface area contributed by atoms with Crippen LogP contribution in [0.3, 0.4) is 0 Å². The average molecular weight is 647 g/mol. The van der Waals surface area contributed by atoms with Crippen LogP contribution < -0.4 is 0 Å². The van der Waals surface area contributed by atoms with Gasteiger partial charge in [-0.05, 0) is 130 Å². The van der Waals surface area contributed by atoms with Gasteiger partial charge in [0.2, 0.25) is 0 Å². The summed E-state index contributed by atoms with van der Waals surface area (Å²) in [5.74, 6) is 5.28. The summed E-state index contributed by atoms with van der Waals surface area (Å²) in [4.78, 5) is 12.8. The lowest BCUT2D eigenvalue weighted by Gasteiger charge is -2.58. The predicted molar refractivity (Wildman–Crippen MR) is 202 cm³/mol. The molecule has 3 fully saturated rings. The van der Waals surface area contributed by atoms with E-state index < -0.39 is 0 Å². The number of hydrogen-bond donors (Lipinski definition) is 0. The van der Waals surface area contributed by atoms with Crippen LogP contribution in [0.15, 0.2) is 48.1 Å². The topological polar surface area (TPSA) is 26.3 Å². The highest BCUT2D eigenvalue weighted by molar-refractivity contribution is 5.69. The lowest BCUT2D eigenvalue weighted by Crippen LogP contribution is -2.51. The molecule has 4 aliphatic carbocycles. The van der Waals surface area contributed by atoms with Gasteiger partial charge in [-0.3, -0.25) is 4.79 Å². The van der Waals surface area contributed by atoms with E-state index in [9.17, 15) is 4.79 Å². The van der Waals surface area contributed by atoms with Crippen molar-refractivity contribution in [1.29, 1.82) is 0 Å². The molecule has 0 aromatic carbocycles. The highest BCUT2D eigenvalue weighted by Crippen LogP contribution is 2.67. The van der Waals surface area contributed by atoms with Crippen LogP contribution in [0, 0.1) is 46.3 Å². The van der Waals surface area contributed by atoms with Gasteiger partial charge >= 0.3 is 5.97 Å². The Balaban J connectivity index is 1.13. The Hall–Kier alpha value is -1.57. The summed E-state index contributed by atoms with van der Waals surface area (Å²) >= 11 is 0. The van der Waals surface area contributed by atoms with E-state index in [1.165, 1.54) is 83.5 Å². The molecule has 0 saturated heterocycles. The maximum atomic E-state index is 12.8. The van der Waals surface area contributed by atoms with Crippen molar-refractivity contribution in [3.05, 3.63) is 48.1 Å². The lowest BCUT2D eigenvalue weighted by molar-refractivity contribution is -0.151. The first-order valence-electron chi connectivity index (χ1n) is 20.5. The van der Waals surface area contributed by atoms with Crippen LogP contribution in [0.2, 0.25) is 0 Å². The normalized spacial score (nSPS) is 32.9. The smallest absolute Gasteiger partial charge is 0.306 e. The first kappa shape index (κ1) is 38.2. The van der Waals surface area contributed by atoms with Crippen LogP contribution in [0.1, 0.15) is 176 Å². The number of carbonyl (C=O) groups excluding carboxylic acids is 1. The molecule has 0 amide bonds. The molecule has 2 heteroatoms. The van der Waals surface area contributed by atoms with Crippen molar-refractivity contribution in [2.45, 2.75) is 182 Å². The molecule has 0 heterocycles. The van der Waals surface area contributed by atoms with Crippen molar-refractivity contribution >= 4 is 5.97 Å². The van der Waals surface area contributed by atoms with Crippen molar-refractivity contribution < 1.29 is 9.53 Å². The van der Waals surface area contributed by atoms with Gasteiger partial charge in [0.1, 0.15) is 6.10 Å². The van der Waals surface area contributed by atoms with Gasteiger partial charge in [-0.1, -0.05) is 128 Å². The predicted octanol–water partition coefficient (Wildman–Crippen LogP) is 13.5. The van der Waals surface area contributed by atoms with E-state index in [0.717, 1.165) is 80.5 Å². The third kappa shape index (κ3) is 10.5. The van der Waals surface area contributed by atoms with Crippen LogP contribution in [0.4, 0.5) is 0 Å². The number of ether oxygens (including phenoxy) is 1. The highest BCUT2D eigenvalue weighted by Gasteiger charge is 2.59. The molecule has 0 aromatic rings. The zero-order valence-electron chi connectivity index (χ0n) is 31.7. The van der Waals surface area contributed by atoms with Gasteiger partial charge in [0.05, 0.1) is 0 Å². The molecule has 3 saturated carbocycles. The van der Waals surface area contributed by atoms with E-state index in [0.29, 0.717) is 17.3 Å². The zero-order chi connectivity index (χ0) is 33.7.